The molecule has 0 radical (unpaired) electrons. The van der Waals surface area contributed by atoms with Crippen molar-refractivity contribution >= 4 is 28.3 Å². The minimum atomic E-state index is -0.968. The number of ketones is 1. The summed E-state index contributed by atoms with van der Waals surface area (Å²) in [5.74, 6) is 0.423. The first-order valence-electron chi connectivity index (χ1n) is 8.17. The van der Waals surface area contributed by atoms with Crippen LogP contribution in [0.25, 0.3) is 0 Å². The summed E-state index contributed by atoms with van der Waals surface area (Å²) in [5.41, 5.74) is 0.421. The summed E-state index contributed by atoms with van der Waals surface area (Å²) >= 11 is 0. The number of nitro benzene ring substituents is 1. The lowest BCUT2D eigenvalue weighted by atomic mass is 10.0. The van der Waals surface area contributed by atoms with Gasteiger partial charge in [0.2, 0.25) is 0 Å². The summed E-state index contributed by atoms with van der Waals surface area (Å²) in [6.07, 6.45) is 2.44. The first kappa shape index (κ1) is 17.5. The summed E-state index contributed by atoms with van der Waals surface area (Å²) in [4.78, 5) is 33.6. The van der Waals surface area contributed by atoms with Gasteiger partial charge in [0.1, 0.15) is 0 Å². The molecule has 4 atom stereocenters. The molecule has 3 rings (SSSR count). The predicted octanol–water partition coefficient (Wildman–Crippen LogP) is 1.52. The Morgan fingerprint density at radius 2 is 1.96 bits per heavy atom. The first-order chi connectivity index (χ1) is 12.0. The highest BCUT2D eigenvalue weighted by Gasteiger charge is 2.46. The second kappa shape index (κ2) is 7.30. The number of non-ortho nitro benzene ring substituents is 1. The molecule has 8 nitrogen and oxygen atoms in total. The number of Topliss-reactive ketones (excluding diaryl/α,β-unsaturated/α-hetero) is 1. The topological polar surface area (TPSA) is 118 Å². The molecule has 0 spiro atoms. The van der Waals surface area contributed by atoms with Gasteiger partial charge in [-0.1, -0.05) is 6.42 Å². The van der Waals surface area contributed by atoms with Gasteiger partial charge in [-0.05, 0) is 25.0 Å². The molecule has 1 unspecified atom stereocenters. The van der Waals surface area contributed by atoms with E-state index in [1.807, 2.05) is 0 Å². The van der Waals surface area contributed by atoms with Gasteiger partial charge >= 0.3 is 6.03 Å². The van der Waals surface area contributed by atoms with Crippen LogP contribution in [0.2, 0.25) is 0 Å². The van der Waals surface area contributed by atoms with E-state index >= 15 is 0 Å². The van der Waals surface area contributed by atoms with Crippen LogP contribution in [0.15, 0.2) is 24.3 Å². The monoisotopic (exact) mass is 365 g/mol. The van der Waals surface area contributed by atoms with E-state index in [4.69, 9.17) is 0 Å². The molecule has 2 amide bonds. The zero-order chi connectivity index (χ0) is 18.0. The second-order valence-electron chi connectivity index (χ2n) is 6.31. The van der Waals surface area contributed by atoms with Crippen molar-refractivity contribution in [1.29, 1.82) is 0 Å². The minimum Gasteiger partial charge on any atom is -0.332 e. The third kappa shape index (κ3) is 3.87. The van der Waals surface area contributed by atoms with E-state index in [-0.39, 0.29) is 34.8 Å². The van der Waals surface area contributed by atoms with E-state index in [1.165, 1.54) is 24.3 Å². The fourth-order valence-corrected chi connectivity index (χ4v) is 5.27. The molecule has 2 fully saturated rings. The Hall–Kier alpha value is -2.29. The van der Waals surface area contributed by atoms with Crippen LogP contribution in [-0.4, -0.2) is 44.0 Å². The summed E-state index contributed by atoms with van der Waals surface area (Å²) in [5, 5.41) is 16.1. The molecule has 0 saturated carbocycles. The predicted molar refractivity (Wildman–Crippen MR) is 91.9 cm³/mol. The van der Waals surface area contributed by atoms with Crippen molar-refractivity contribution in [3.63, 3.8) is 0 Å². The van der Waals surface area contributed by atoms with Crippen molar-refractivity contribution in [2.24, 2.45) is 0 Å². The maximum atomic E-state index is 12.1. The maximum absolute atomic E-state index is 12.1. The number of nitrogens with one attached hydrogen (secondary N) is 2. The number of hydrogen-bond donors (Lipinski definition) is 2. The number of unbranched alkanes of at least 4 members (excludes halogenated alkanes) is 1. The van der Waals surface area contributed by atoms with Crippen LogP contribution in [0.4, 0.5) is 10.5 Å². The molecule has 1 aromatic rings. The lowest BCUT2D eigenvalue weighted by molar-refractivity contribution is -0.384. The fraction of sp³-hybridized carbons (Fsp3) is 0.500. The quantitative estimate of drug-likeness (QED) is 0.250. The zero-order valence-corrected chi connectivity index (χ0v) is 14.3. The number of nitrogens with zero attached hydrogens (tertiary/aromatic N) is 1. The van der Waals surface area contributed by atoms with Gasteiger partial charge in [0.15, 0.2) is 5.78 Å². The van der Waals surface area contributed by atoms with Crippen LogP contribution in [0, 0.1) is 10.1 Å². The van der Waals surface area contributed by atoms with Crippen molar-refractivity contribution in [3.8, 4) is 0 Å². The molecule has 2 aliphatic rings. The SMILES string of the molecule is O=C1N[C@H]2[C@@H](CCCCC(=O)c3ccc([N+](=O)[O-])cc3)S(=O)C[C@H]2N1. The van der Waals surface area contributed by atoms with Crippen LogP contribution in [0.3, 0.4) is 0 Å². The smallest absolute Gasteiger partial charge is 0.315 e. The van der Waals surface area contributed by atoms with Crippen molar-refractivity contribution < 1.29 is 18.7 Å². The van der Waals surface area contributed by atoms with Gasteiger partial charge in [-0.2, -0.15) is 0 Å². The third-order valence-electron chi connectivity index (χ3n) is 4.67. The van der Waals surface area contributed by atoms with Gasteiger partial charge in [-0.3, -0.25) is 19.1 Å². The Labute approximate surface area is 147 Å². The average molecular weight is 365 g/mol. The van der Waals surface area contributed by atoms with E-state index in [0.717, 1.165) is 6.42 Å². The van der Waals surface area contributed by atoms with Gasteiger partial charge < -0.3 is 10.6 Å². The first-order valence-corrected chi connectivity index (χ1v) is 9.56. The van der Waals surface area contributed by atoms with Crippen LogP contribution >= 0.6 is 0 Å². The average Bonchev–Trinajstić information content (AvgIpc) is 3.07. The number of urea groups is 1. The van der Waals surface area contributed by atoms with E-state index in [9.17, 15) is 23.9 Å². The normalized spacial score (nSPS) is 27.4. The van der Waals surface area contributed by atoms with Gasteiger partial charge in [-0.15, -0.1) is 0 Å². The Balaban J connectivity index is 1.45. The van der Waals surface area contributed by atoms with Crippen LogP contribution in [0.5, 0.6) is 0 Å². The highest BCUT2D eigenvalue weighted by Crippen LogP contribution is 2.26. The third-order valence-corrected chi connectivity index (χ3v) is 6.56. The van der Waals surface area contributed by atoms with Gasteiger partial charge in [0.05, 0.1) is 22.3 Å². The van der Waals surface area contributed by atoms with E-state index < -0.39 is 15.7 Å². The minimum absolute atomic E-state index is 0.0398. The van der Waals surface area contributed by atoms with Crippen molar-refractivity contribution in [2.45, 2.75) is 43.0 Å². The van der Waals surface area contributed by atoms with E-state index in [0.29, 0.717) is 30.6 Å². The number of fused-ring (bicyclic) bond motifs is 1. The summed E-state index contributed by atoms with van der Waals surface area (Å²) in [6, 6.07) is 5.24. The Bertz CT molecular complexity index is 721. The van der Waals surface area contributed by atoms with E-state index in [2.05, 4.69) is 10.6 Å². The lowest BCUT2D eigenvalue weighted by Gasteiger charge is -2.15. The zero-order valence-electron chi connectivity index (χ0n) is 13.5. The highest BCUT2D eigenvalue weighted by molar-refractivity contribution is 7.86. The van der Waals surface area contributed by atoms with Gasteiger partial charge in [-0.25, -0.2) is 4.79 Å². The summed E-state index contributed by atoms with van der Waals surface area (Å²) < 4.78 is 12.1. The standard InChI is InChI=1S/C16H19N3O5S/c20-13(10-5-7-11(8-6-10)19(22)23)3-1-2-4-14-15-12(9-25(14)24)17-16(21)18-15/h5-8,12,14-15H,1-4,9H2,(H2,17,18,21)/t12-,14-,15-,25?/m1/s1. The van der Waals surface area contributed by atoms with Gasteiger partial charge in [0, 0.05) is 40.7 Å². The molecule has 2 N–H and O–H groups in total. The number of hydrogen-bond acceptors (Lipinski definition) is 5. The van der Waals surface area contributed by atoms with Crippen LogP contribution in [-0.2, 0) is 10.8 Å². The second-order valence-corrected chi connectivity index (χ2v) is 8.01. The molecular formula is C16H19N3O5S. The van der Waals surface area contributed by atoms with Gasteiger partial charge in [0.25, 0.3) is 5.69 Å². The molecule has 2 heterocycles. The van der Waals surface area contributed by atoms with Crippen molar-refractivity contribution in [3.05, 3.63) is 39.9 Å². The van der Waals surface area contributed by atoms with Crippen LogP contribution < -0.4 is 10.6 Å². The van der Waals surface area contributed by atoms with Crippen LogP contribution in [0.1, 0.15) is 36.0 Å². The molecule has 25 heavy (non-hydrogen) atoms. The molecule has 9 heteroatoms. The molecular weight excluding hydrogens is 346 g/mol. The molecule has 134 valence electrons. The lowest BCUT2D eigenvalue weighted by Crippen LogP contribution is -2.38. The maximum Gasteiger partial charge on any atom is 0.315 e. The molecule has 2 saturated heterocycles. The number of rotatable bonds is 7. The Kier molecular flexibility index (Phi) is 5.12. The number of carbonyl (C=O) groups is 2. The number of carbonyl (C=O) groups excluding carboxylic acids is 2. The largest absolute Gasteiger partial charge is 0.332 e. The molecule has 1 aromatic carbocycles. The van der Waals surface area contributed by atoms with Crippen molar-refractivity contribution in [1.82, 2.24) is 10.6 Å². The number of amides is 2. The summed E-state index contributed by atoms with van der Waals surface area (Å²) in [6.45, 7) is 0. The number of nitro groups is 1. The molecule has 0 aliphatic carbocycles. The highest BCUT2D eigenvalue weighted by atomic mass is 32.2. The molecule has 0 bridgehead atoms. The molecule has 2 aliphatic heterocycles. The fourth-order valence-electron chi connectivity index (χ4n) is 3.37. The number of benzene rings is 1. The molecule has 0 aromatic heterocycles. The summed E-state index contributed by atoms with van der Waals surface area (Å²) in [7, 11) is -0.968. The van der Waals surface area contributed by atoms with Crippen molar-refractivity contribution in [2.75, 3.05) is 5.75 Å². The Morgan fingerprint density at radius 1 is 1.24 bits per heavy atom. The Morgan fingerprint density at radius 3 is 2.64 bits per heavy atom. The van der Waals surface area contributed by atoms with E-state index in [1.54, 1.807) is 0 Å².